The zero-order chi connectivity index (χ0) is 21.7. The number of para-hydroxylation sites is 1. The number of nitro benzene ring substituents is 1. The molecule has 3 rings (SSSR count). The molecule has 1 aliphatic rings. The summed E-state index contributed by atoms with van der Waals surface area (Å²) in [7, 11) is 2.02. The van der Waals surface area contributed by atoms with Crippen molar-refractivity contribution in [1.29, 1.82) is 0 Å². The monoisotopic (exact) mass is 412 g/mol. The summed E-state index contributed by atoms with van der Waals surface area (Å²) in [6.07, 6.45) is -0.863. The van der Waals surface area contributed by atoms with Crippen molar-refractivity contribution in [2.24, 2.45) is 0 Å². The van der Waals surface area contributed by atoms with Crippen molar-refractivity contribution >= 4 is 23.2 Å². The average Bonchev–Trinajstić information content (AvgIpc) is 2.74. The number of benzene rings is 2. The lowest BCUT2D eigenvalue weighted by atomic mass is 10.1. The van der Waals surface area contributed by atoms with Crippen LogP contribution in [0.15, 0.2) is 48.5 Å². The minimum absolute atomic E-state index is 0.0594. The number of piperazine rings is 1. The van der Waals surface area contributed by atoms with Crippen LogP contribution in [0.25, 0.3) is 0 Å². The maximum Gasteiger partial charge on any atom is 0.269 e. The van der Waals surface area contributed by atoms with Crippen LogP contribution in [0, 0.1) is 10.1 Å². The lowest BCUT2D eigenvalue weighted by molar-refractivity contribution is -0.384. The highest BCUT2D eigenvalue weighted by atomic mass is 16.6. The van der Waals surface area contributed by atoms with Crippen LogP contribution in [0.5, 0.6) is 5.75 Å². The van der Waals surface area contributed by atoms with E-state index < -0.39 is 16.9 Å². The molecule has 2 aromatic rings. The molecule has 0 aliphatic carbocycles. The van der Waals surface area contributed by atoms with Crippen LogP contribution in [0.1, 0.15) is 17.3 Å². The van der Waals surface area contributed by atoms with E-state index in [0.717, 1.165) is 13.1 Å². The second kappa shape index (κ2) is 9.36. The molecular formula is C21H24N4O5. The number of hydrogen-bond donors (Lipinski definition) is 1. The van der Waals surface area contributed by atoms with Gasteiger partial charge in [0.2, 0.25) is 0 Å². The Morgan fingerprint density at radius 1 is 1.07 bits per heavy atom. The van der Waals surface area contributed by atoms with Gasteiger partial charge in [-0.1, -0.05) is 12.1 Å². The predicted octanol–water partition coefficient (Wildman–Crippen LogP) is 2.39. The molecule has 1 fully saturated rings. The molecule has 0 bridgehead atoms. The third-order valence-electron chi connectivity index (χ3n) is 4.94. The van der Waals surface area contributed by atoms with Crippen molar-refractivity contribution in [3.63, 3.8) is 0 Å². The Balaban J connectivity index is 1.66. The minimum Gasteiger partial charge on any atom is -0.481 e. The van der Waals surface area contributed by atoms with E-state index in [4.69, 9.17) is 4.74 Å². The number of ether oxygens (including phenoxy) is 1. The summed E-state index contributed by atoms with van der Waals surface area (Å²) in [5.41, 5.74) is 0.791. The highest BCUT2D eigenvalue weighted by Crippen LogP contribution is 2.21. The standard InChI is InChI=1S/C21H24N4O5/c1-15(30-17-9-7-16(8-10-17)25(28)29)20(26)22-19-6-4-3-5-18(19)21(27)24-13-11-23(2)12-14-24/h3-10,15H,11-14H2,1-2H3,(H,22,26). The first-order valence-electron chi connectivity index (χ1n) is 9.64. The Morgan fingerprint density at radius 3 is 2.33 bits per heavy atom. The van der Waals surface area contributed by atoms with Gasteiger partial charge in [-0.3, -0.25) is 19.7 Å². The van der Waals surface area contributed by atoms with Gasteiger partial charge in [0.15, 0.2) is 6.10 Å². The van der Waals surface area contributed by atoms with Gasteiger partial charge in [0, 0.05) is 38.3 Å². The molecule has 30 heavy (non-hydrogen) atoms. The quantitative estimate of drug-likeness (QED) is 0.577. The first-order chi connectivity index (χ1) is 14.3. The molecular weight excluding hydrogens is 388 g/mol. The predicted molar refractivity (Wildman–Crippen MR) is 112 cm³/mol. The summed E-state index contributed by atoms with van der Waals surface area (Å²) in [4.78, 5) is 39.7. The molecule has 1 heterocycles. The zero-order valence-corrected chi connectivity index (χ0v) is 16.9. The summed E-state index contributed by atoms with van der Waals surface area (Å²) in [6.45, 7) is 4.46. The number of nitro groups is 1. The molecule has 9 heteroatoms. The van der Waals surface area contributed by atoms with E-state index in [0.29, 0.717) is 30.1 Å². The van der Waals surface area contributed by atoms with Crippen LogP contribution in [-0.4, -0.2) is 65.9 Å². The Kier molecular flexibility index (Phi) is 6.63. The van der Waals surface area contributed by atoms with Gasteiger partial charge < -0.3 is 19.9 Å². The molecule has 0 spiro atoms. The summed E-state index contributed by atoms with van der Waals surface area (Å²) < 4.78 is 5.58. The molecule has 1 saturated heterocycles. The fourth-order valence-corrected chi connectivity index (χ4v) is 3.10. The maximum absolute atomic E-state index is 12.9. The molecule has 0 radical (unpaired) electrons. The maximum atomic E-state index is 12.9. The number of hydrogen-bond acceptors (Lipinski definition) is 6. The average molecular weight is 412 g/mol. The molecule has 1 atom stereocenters. The smallest absolute Gasteiger partial charge is 0.269 e. The summed E-state index contributed by atoms with van der Waals surface area (Å²) >= 11 is 0. The number of carbonyl (C=O) groups is 2. The number of rotatable bonds is 6. The Hall–Kier alpha value is -3.46. The molecule has 0 aromatic heterocycles. The van der Waals surface area contributed by atoms with Gasteiger partial charge in [-0.05, 0) is 38.2 Å². The van der Waals surface area contributed by atoms with Crippen LogP contribution in [0.3, 0.4) is 0 Å². The van der Waals surface area contributed by atoms with E-state index in [1.165, 1.54) is 24.3 Å². The lowest BCUT2D eigenvalue weighted by Crippen LogP contribution is -2.47. The van der Waals surface area contributed by atoms with Crippen molar-refractivity contribution in [1.82, 2.24) is 9.80 Å². The highest BCUT2D eigenvalue weighted by molar-refractivity contribution is 6.04. The van der Waals surface area contributed by atoms with Crippen LogP contribution < -0.4 is 10.1 Å². The van der Waals surface area contributed by atoms with Gasteiger partial charge in [0.05, 0.1) is 16.2 Å². The number of carbonyl (C=O) groups excluding carboxylic acids is 2. The van der Waals surface area contributed by atoms with Crippen LogP contribution in [0.4, 0.5) is 11.4 Å². The zero-order valence-electron chi connectivity index (χ0n) is 16.9. The summed E-state index contributed by atoms with van der Waals surface area (Å²) in [6, 6.07) is 12.4. The van der Waals surface area contributed by atoms with Crippen LogP contribution >= 0.6 is 0 Å². The van der Waals surface area contributed by atoms with Crippen LogP contribution in [-0.2, 0) is 4.79 Å². The van der Waals surface area contributed by atoms with Gasteiger partial charge in [-0.25, -0.2) is 0 Å². The van der Waals surface area contributed by atoms with E-state index >= 15 is 0 Å². The fourth-order valence-electron chi connectivity index (χ4n) is 3.10. The normalized spacial score (nSPS) is 15.3. The van der Waals surface area contributed by atoms with Gasteiger partial charge in [-0.15, -0.1) is 0 Å². The molecule has 9 nitrogen and oxygen atoms in total. The van der Waals surface area contributed by atoms with Gasteiger partial charge in [0.25, 0.3) is 17.5 Å². The van der Waals surface area contributed by atoms with Crippen LogP contribution in [0.2, 0.25) is 0 Å². The molecule has 2 amide bonds. The summed E-state index contributed by atoms with van der Waals surface area (Å²) in [5.74, 6) is -0.208. The van der Waals surface area contributed by atoms with E-state index in [-0.39, 0.29) is 11.6 Å². The third kappa shape index (κ3) is 5.12. The lowest BCUT2D eigenvalue weighted by Gasteiger charge is -2.32. The minimum atomic E-state index is -0.863. The van der Waals surface area contributed by atoms with Crippen molar-refractivity contribution < 1.29 is 19.2 Å². The largest absolute Gasteiger partial charge is 0.481 e. The fraction of sp³-hybridized carbons (Fsp3) is 0.333. The SMILES string of the molecule is CC(Oc1ccc([N+](=O)[O-])cc1)C(=O)Nc1ccccc1C(=O)N1CCN(C)CC1. The number of likely N-dealkylation sites (N-methyl/N-ethyl adjacent to an activating group) is 1. The first kappa shape index (κ1) is 21.3. The Bertz CT molecular complexity index is 923. The van der Waals surface area contributed by atoms with Crippen molar-refractivity contribution in [2.45, 2.75) is 13.0 Å². The van der Waals surface area contributed by atoms with Crippen molar-refractivity contribution in [3.05, 3.63) is 64.2 Å². The van der Waals surface area contributed by atoms with Gasteiger partial charge in [0.1, 0.15) is 5.75 Å². The topological polar surface area (TPSA) is 105 Å². The van der Waals surface area contributed by atoms with E-state index in [2.05, 4.69) is 10.2 Å². The molecule has 2 aromatic carbocycles. The second-order valence-electron chi connectivity index (χ2n) is 7.14. The molecule has 0 saturated carbocycles. The second-order valence-corrected chi connectivity index (χ2v) is 7.14. The molecule has 1 aliphatic heterocycles. The highest BCUT2D eigenvalue weighted by Gasteiger charge is 2.24. The van der Waals surface area contributed by atoms with Crippen molar-refractivity contribution in [3.8, 4) is 5.75 Å². The number of non-ortho nitro benzene ring substituents is 1. The van der Waals surface area contributed by atoms with Crippen molar-refractivity contribution in [2.75, 3.05) is 38.5 Å². The van der Waals surface area contributed by atoms with E-state index in [1.54, 1.807) is 36.1 Å². The Morgan fingerprint density at radius 2 is 1.70 bits per heavy atom. The van der Waals surface area contributed by atoms with Gasteiger partial charge in [-0.2, -0.15) is 0 Å². The molecule has 1 unspecified atom stereocenters. The number of amides is 2. The third-order valence-corrected chi connectivity index (χ3v) is 4.94. The number of nitrogens with one attached hydrogen (secondary N) is 1. The number of anilines is 1. The van der Waals surface area contributed by atoms with E-state index in [1.807, 2.05) is 7.05 Å². The van der Waals surface area contributed by atoms with E-state index in [9.17, 15) is 19.7 Å². The molecule has 158 valence electrons. The summed E-state index contributed by atoms with van der Waals surface area (Å²) in [5, 5.41) is 13.5. The number of nitrogens with zero attached hydrogens (tertiary/aromatic N) is 3. The molecule has 1 N–H and O–H groups in total. The van der Waals surface area contributed by atoms with Gasteiger partial charge >= 0.3 is 0 Å². The first-order valence-corrected chi connectivity index (χ1v) is 9.64. The Labute approximate surface area is 174 Å².